The van der Waals surface area contributed by atoms with Crippen LogP contribution in [0.1, 0.15) is 52.6 Å². The summed E-state index contributed by atoms with van der Waals surface area (Å²) in [6, 6.07) is 20.7. The summed E-state index contributed by atoms with van der Waals surface area (Å²) in [4.78, 5) is 37.0. The number of hydrogen-bond donors (Lipinski definition) is 4. The van der Waals surface area contributed by atoms with Gasteiger partial charge in [-0.2, -0.15) is 0 Å². The van der Waals surface area contributed by atoms with E-state index in [2.05, 4.69) is 42.3 Å². The van der Waals surface area contributed by atoms with Crippen LogP contribution in [-0.2, 0) is 16.6 Å². The minimum absolute atomic E-state index is 0.00695. The fourth-order valence-corrected chi connectivity index (χ4v) is 3.50. The van der Waals surface area contributed by atoms with Crippen LogP contribution in [0.3, 0.4) is 0 Å². The Morgan fingerprint density at radius 2 is 1.33 bits per heavy atom. The lowest BCUT2D eigenvalue weighted by molar-refractivity contribution is -0.119. The van der Waals surface area contributed by atoms with Gasteiger partial charge in [-0.25, -0.2) is 0 Å². The van der Waals surface area contributed by atoms with Crippen molar-refractivity contribution in [3.63, 3.8) is 0 Å². The summed E-state index contributed by atoms with van der Waals surface area (Å²) < 4.78 is 0. The van der Waals surface area contributed by atoms with Crippen LogP contribution in [0.15, 0.2) is 72.8 Å². The molecule has 0 bridgehead atoms. The van der Waals surface area contributed by atoms with Crippen molar-refractivity contribution in [3.8, 4) is 0 Å². The number of amides is 3. The van der Waals surface area contributed by atoms with E-state index in [0.717, 1.165) is 11.1 Å². The van der Waals surface area contributed by atoms with Gasteiger partial charge in [0.2, 0.25) is 5.91 Å². The number of carbonyl (C=O) groups is 3. The van der Waals surface area contributed by atoms with Crippen LogP contribution in [0, 0.1) is 0 Å². The Bertz CT molecular complexity index is 1250. The molecule has 0 aromatic heterocycles. The molecule has 4 N–H and O–H groups in total. The standard InChI is InChI=1S/C27H27ClN4O3S/c1-27(2,3)20-10-6-18(7-11-20)24(34)29-22-14-8-19(9-15-22)25(35)31-32-26(36)30-23(33)16-17-4-12-21(28)13-5-17/h4-15H,16H2,1-3H3,(H,29,34)(H,31,35)(H2,30,32,33,36). The Hall–Kier alpha value is -3.75. The molecule has 186 valence electrons. The van der Waals surface area contributed by atoms with Crippen molar-refractivity contribution in [3.05, 3.63) is 100 Å². The number of thiocarbonyl (C=S) groups is 1. The van der Waals surface area contributed by atoms with Crippen molar-refractivity contribution in [2.75, 3.05) is 5.32 Å². The lowest BCUT2D eigenvalue weighted by Crippen LogP contribution is -2.48. The predicted molar refractivity (Wildman–Crippen MR) is 146 cm³/mol. The SMILES string of the molecule is CC(C)(C)c1ccc(C(=O)Nc2ccc(C(=O)NNC(=S)NC(=O)Cc3ccc(Cl)cc3)cc2)cc1. The summed E-state index contributed by atoms with van der Waals surface area (Å²) in [6.45, 7) is 6.34. The number of rotatable bonds is 5. The van der Waals surface area contributed by atoms with Gasteiger partial charge in [0.25, 0.3) is 11.8 Å². The van der Waals surface area contributed by atoms with Gasteiger partial charge in [0.15, 0.2) is 5.11 Å². The lowest BCUT2D eigenvalue weighted by atomic mass is 9.87. The van der Waals surface area contributed by atoms with Gasteiger partial charge in [0, 0.05) is 21.8 Å². The Kier molecular flexibility index (Phi) is 8.79. The topological polar surface area (TPSA) is 99.3 Å². The minimum Gasteiger partial charge on any atom is -0.322 e. The molecule has 0 unspecified atom stereocenters. The molecule has 0 fully saturated rings. The summed E-state index contributed by atoms with van der Waals surface area (Å²) in [7, 11) is 0. The largest absolute Gasteiger partial charge is 0.322 e. The van der Waals surface area contributed by atoms with Crippen molar-refractivity contribution in [2.45, 2.75) is 32.6 Å². The Balaban J connectivity index is 1.46. The van der Waals surface area contributed by atoms with Gasteiger partial charge in [0.05, 0.1) is 6.42 Å². The van der Waals surface area contributed by atoms with Crippen molar-refractivity contribution < 1.29 is 14.4 Å². The molecule has 0 saturated heterocycles. The molecule has 0 heterocycles. The molecule has 3 rings (SSSR count). The van der Waals surface area contributed by atoms with Gasteiger partial charge in [-0.15, -0.1) is 0 Å². The number of hydrogen-bond acceptors (Lipinski definition) is 4. The summed E-state index contributed by atoms with van der Waals surface area (Å²) in [5, 5.41) is 5.85. The molecule has 0 saturated carbocycles. The number of halogens is 1. The Morgan fingerprint density at radius 1 is 0.778 bits per heavy atom. The molecule has 36 heavy (non-hydrogen) atoms. The van der Waals surface area contributed by atoms with E-state index in [0.29, 0.717) is 21.8 Å². The molecule has 9 heteroatoms. The van der Waals surface area contributed by atoms with E-state index in [1.54, 1.807) is 60.7 Å². The molecular weight excluding hydrogens is 496 g/mol. The first kappa shape index (κ1) is 26.8. The van der Waals surface area contributed by atoms with E-state index in [4.69, 9.17) is 23.8 Å². The molecule has 0 aliphatic carbocycles. The molecule has 7 nitrogen and oxygen atoms in total. The van der Waals surface area contributed by atoms with Gasteiger partial charge in [-0.05, 0) is 77.3 Å². The van der Waals surface area contributed by atoms with Crippen molar-refractivity contribution in [1.29, 1.82) is 0 Å². The average molecular weight is 523 g/mol. The maximum Gasteiger partial charge on any atom is 0.269 e. The summed E-state index contributed by atoms with van der Waals surface area (Å²) >= 11 is 10.9. The number of benzene rings is 3. The monoisotopic (exact) mass is 522 g/mol. The van der Waals surface area contributed by atoms with Crippen LogP contribution in [0.2, 0.25) is 5.02 Å². The Morgan fingerprint density at radius 3 is 1.92 bits per heavy atom. The van der Waals surface area contributed by atoms with E-state index >= 15 is 0 Å². The zero-order valence-corrected chi connectivity index (χ0v) is 21.7. The quantitative estimate of drug-likeness (QED) is 0.286. The highest BCUT2D eigenvalue weighted by Crippen LogP contribution is 2.22. The van der Waals surface area contributed by atoms with Gasteiger partial charge in [0.1, 0.15) is 0 Å². The number of anilines is 1. The third kappa shape index (κ3) is 7.90. The summed E-state index contributed by atoms with van der Waals surface area (Å²) in [5.41, 5.74) is 8.28. The minimum atomic E-state index is -0.458. The van der Waals surface area contributed by atoms with Crippen LogP contribution in [0.25, 0.3) is 0 Å². The fourth-order valence-electron chi connectivity index (χ4n) is 3.21. The molecule has 3 aromatic rings. The normalized spacial score (nSPS) is 10.8. The highest BCUT2D eigenvalue weighted by atomic mass is 35.5. The second-order valence-corrected chi connectivity index (χ2v) is 9.96. The molecule has 0 atom stereocenters. The molecule has 3 amide bonds. The van der Waals surface area contributed by atoms with Crippen molar-refractivity contribution in [2.24, 2.45) is 0 Å². The van der Waals surface area contributed by atoms with E-state index in [1.807, 2.05) is 12.1 Å². The summed E-state index contributed by atoms with van der Waals surface area (Å²) in [6.07, 6.45) is 0.112. The fraction of sp³-hybridized carbons (Fsp3) is 0.185. The molecule has 0 aliphatic rings. The van der Waals surface area contributed by atoms with Gasteiger partial charge >= 0.3 is 0 Å². The number of nitrogens with one attached hydrogen (secondary N) is 4. The van der Waals surface area contributed by atoms with E-state index in [1.165, 1.54) is 0 Å². The van der Waals surface area contributed by atoms with Gasteiger partial charge in [-0.3, -0.25) is 25.2 Å². The maximum absolute atomic E-state index is 12.5. The molecule has 0 spiro atoms. The highest BCUT2D eigenvalue weighted by Gasteiger charge is 2.15. The molecule has 0 aliphatic heterocycles. The molecular formula is C27H27ClN4O3S. The third-order valence-electron chi connectivity index (χ3n) is 5.24. The van der Waals surface area contributed by atoms with Crippen LogP contribution >= 0.6 is 23.8 Å². The first-order valence-corrected chi connectivity index (χ1v) is 12.0. The van der Waals surface area contributed by atoms with Gasteiger partial charge in [-0.1, -0.05) is 56.6 Å². The third-order valence-corrected chi connectivity index (χ3v) is 5.69. The zero-order valence-electron chi connectivity index (χ0n) is 20.1. The first-order valence-electron chi connectivity index (χ1n) is 11.2. The zero-order chi connectivity index (χ0) is 26.3. The predicted octanol–water partition coefficient (Wildman–Crippen LogP) is 4.77. The molecule has 3 aromatic carbocycles. The second-order valence-electron chi connectivity index (χ2n) is 9.12. The average Bonchev–Trinajstić information content (AvgIpc) is 2.84. The smallest absolute Gasteiger partial charge is 0.269 e. The van der Waals surface area contributed by atoms with Crippen molar-refractivity contribution in [1.82, 2.24) is 16.2 Å². The lowest BCUT2D eigenvalue weighted by Gasteiger charge is -2.19. The number of hydrazine groups is 1. The van der Waals surface area contributed by atoms with E-state index in [9.17, 15) is 14.4 Å². The Labute approximate surface area is 220 Å². The van der Waals surface area contributed by atoms with Crippen LogP contribution < -0.4 is 21.5 Å². The molecule has 0 radical (unpaired) electrons. The van der Waals surface area contributed by atoms with Gasteiger partial charge < -0.3 is 10.6 Å². The van der Waals surface area contributed by atoms with Crippen LogP contribution in [0.4, 0.5) is 5.69 Å². The van der Waals surface area contributed by atoms with E-state index in [-0.39, 0.29) is 28.8 Å². The maximum atomic E-state index is 12.5. The summed E-state index contributed by atoms with van der Waals surface area (Å²) in [5.74, 6) is -1.04. The van der Waals surface area contributed by atoms with Crippen molar-refractivity contribution >= 4 is 52.3 Å². The van der Waals surface area contributed by atoms with Crippen LogP contribution in [0.5, 0.6) is 0 Å². The highest BCUT2D eigenvalue weighted by molar-refractivity contribution is 7.80. The second kappa shape index (κ2) is 11.8. The number of carbonyl (C=O) groups excluding carboxylic acids is 3. The van der Waals surface area contributed by atoms with Crippen LogP contribution in [-0.4, -0.2) is 22.8 Å². The van der Waals surface area contributed by atoms with E-state index < -0.39 is 5.91 Å². The first-order chi connectivity index (χ1) is 17.0.